The van der Waals surface area contributed by atoms with Gasteiger partial charge in [0.05, 0.1) is 5.02 Å². The Balaban J connectivity index is 1.87. The molecule has 4 nitrogen and oxygen atoms in total. The van der Waals surface area contributed by atoms with E-state index < -0.39 is 5.82 Å². The number of carbonyl (C=O) groups excluding carboxylic acids is 1. The number of ether oxygens (including phenoxy) is 1. The van der Waals surface area contributed by atoms with Crippen molar-refractivity contribution in [3.8, 4) is 5.75 Å². The van der Waals surface area contributed by atoms with E-state index in [1.54, 1.807) is 4.90 Å². The first-order valence-corrected chi connectivity index (χ1v) is 6.05. The second-order valence-corrected chi connectivity index (χ2v) is 4.66. The van der Waals surface area contributed by atoms with Crippen molar-refractivity contribution in [1.82, 2.24) is 4.90 Å². The third-order valence-electron chi connectivity index (χ3n) is 2.83. The predicted molar refractivity (Wildman–Crippen MR) is 66.1 cm³/mol. The average molecular weight is 273 g/mol. The molecule has 1 fully saturated rings. The topological polar surface area (TPSA) is 55.6 Å². The highest BCUT2D eigenvalue weighted by atomic mass is 35.5. The normalized spacial score (nSPS) is 19.1. The number of halogens is 2. The van der Waals surface area contributed by atoms with Gasteiger partial charge in [-0.3, -0.25) is 4.79 Å². The average Bonchev–Trinajstić information content (AvgIpc) is 2.77. The van der Waals surface area contributed by atoms with E-state index >= 15 is 0 Å². The van der Waals surface area contributed by atoms with Crippen LogP contribution in [0, 0.1) is 5.82 Å². The zero-order valence-electron chi connectivity index (χ0n) is 9.73. The first-order chi connectivity index (χ1) is 8.56. The lowest BCUT2D eigenvalue weighted by molar-refractivity contribution is -0.132. The summed E-state index contributed by atoms with van der Waals surface area (Å²) in [5.74, 6) is -0.262. The van der Waals surface area contributed by atoms with Gasteiger partial charge < -0.3 is 15.4 Å². The molecule has 1 aliphatic rings. The number of nitrogens with zero attached hydrogens (tertiary/aromatic N) is 1. The van der Waals surface area contributed by atoms with Gasteiger partial charge >= 0.3 is 0 Å². The SMILES string of the molecule is N[C@@H]1CCN(C(=O)COc2ccc(F)c(Cl)c2)C1. The van der Waals surface area contributed by atoms with Crippen LogP contribution < -0.4 is 10.5 Å². The molecule has 1 amide bonds. The molecule has 18 heavy (non-hydrogen) atoms. The number of nitrogens with two attached hydrogens (primary N) is 1. The molecule has 1 aromatic carbocycles. The van der Waals surface area contributed by atoms with Crippen molar-refractivity contribution in [2.24, 2.45) is 5.73 Å². The van der Waals surface area contributed by atoms with Crippen molar-refractivity contribution in [3.63, 3.8) is 0 Å². The van der Waals surface area contributed by atoms with Crippen LogP contribution in [0.4, 0.5) is 4.39 Å². The Kier molecular flexibility index (Phi) is 4.04. The van der Waals surface area contributed by atoms with E-state index in [1.807, 2.05) is 0 Å². The van der Waals surface area contributed by atoms with E-state index in [-0.39, 0.29) is 23.6 Å². The van der Waals surface area contributed by atoms with Crippen molar-refractivity contribution in [1.29, 1.82) is 0 Å². The summed E-state index contributed by atoms with van der Waals surface area (Å²) in [4.78, 5) is 13.4. The third-order valence-corrected chi connectivity index (χ3v) is 3.12. The molecule has 1 atom stereocenters. The van der Waals surface area contributed by atoms with Gasteiger partial charge in [0.15, 0.2) is 6.61 Å². The molecule has 0 aromatic heterocycles. The van der Waals surface area contributed by atoms with Crippen LogP contribution in [-0.4, -0.2) is 36.5 Å². The van der Waals surface area contributed by atoms with Crippen molar-refractivity contribution >= 4 is 17.5 Å². The van der Waals surface area contributed by atoms with Gasteiger partial charge in [-0.25, -0.2) is 4.39 Å². The molecule has 1 aromatic rings. The van der Waals surface area contributed by atoms with E-state index in [0.29, 0.717) is 18.8 Å². The molecule has 6 heteroatoms. The van der Waals surface area contributed by atoms with Gasteiger partial charge in [-0.05, 0) is 18.6 Å². The van der Waals surface area contributed by atoms with E-state index in [1.165, 1.54) is 18.2 Å². The first kappa shape index (κ1) is 13.1. The van der Waals surface area contributed by atoms with Gasteiger partial charge in [0.25, 0.3) is 5.91 Å². The molecule has 2 rings (SSSR count). The maximum absolute atomic E-state index is 12.9. The summed E-state index contributed by atoms with van der Waals surface area (Å²) in [6.45, 7) is 1.13. The van der Waals surface area contributed by atoms with E-state index in [2.05, 4.69) is 0 Å². The summed E-state index contributed by atoms with van der Waals surface area (Å²) in [6.07, 6.45) is 0.814. The molecule has 0 aliphatic carbocycles. The number of benzene rings is 1. The summed E-state index contributed by atoms with van der Waals surface area (Å²) >= 11 is 5.61. The minimum atomic E-state index is -0.513. The first-order valence-electron chi connectivity index (χ1n) is 5.67. The molecule has 98 valence electrons. The summed E-state index contributed by atoms with van der Waals surface area (Å²) in [5.41, 5.74) is 5.71. The lowest BCUT2D eigenvalue weighted by Crippen LogP contribution is -2.35. The van der Waals surface area contributed by atoms with Gasteiger partial charge in [-0.15, -0.1) is 0 Å². The van der Waals surface area contributed by atoms with E-state index in [4.69, 9.17) is 22.1 Å². The summed E-state index contributed by atoms with van der Waals surface area (Å²) < 4.78 is 18.2. The molecular weight excluding hydrogens is 259 g/mol. The minimum Gasteiger partial charge on any atom is -0.484 e. The molecule has 1 heterocycles. The second-order valence-electron chi connectivity index (χ2n) is 4.25. The Morgan fingerprint density at radius 2 is 2.39 bits per heavy atom. The second kappa shape index (κ2) is 5.54. The van der Waals surface area contributed by atoms with Crippen LogP contribution in [0.2, 0.25) is 5.02 Å². The largest absolute Gasteiger partial charge is 0.484 e. The van der Waals surface area contributed by atoms with Crippen LogP contribution in [0.25, 0.3) is 0 Å². The summed E-state index contributed by atoms with van der Waals surface area (Å²) in [7, 11) is 0. The Labute approximate surface area is 109 Å². The third kappa shape index (κ3) is 3.11. The van der Waals surface area contributed by atoms with Crippen LogP contribution in [0.15, 0.2) is 18.2 Å². The molecular formula is C12H14ClFN2O2. The van der Waals surface area contributed by atoms with Crippen molar-refractivity contribution in [2.45, 2.75) is 12.5 Å². The number of rotatable bonds is 3. The maximum atomic E-state index is 12.9. The highest BCUT2D eigenvalue weighted by molar-refractivity contribution is 6.30. The Morgan fingerprint density at radius 3 is 3.00 bits per heavy atom. The highest BCUT2D eigenvalue weighted by Crippen LogP contribution is 2.21. The Morgan fingerprint density at radius 1 is 1.61 bits per heavy atom. The van der Waals surface area contributed by atoms with E-state index in [9.17, 15) is 9.18 Å². The van der Waals surface area contributed by atoms with Crippen molar-refractivity contribution in [3.05, 3.63) is 29.0 Å². The monoisotopic (exact) mass is 272 g/mol. The van der Waals surface area contributed by atoms with E-state index in [0.717, 1.165) is 6.42 Å². The van der Waals surface area contributed by atoms with Gasteiger partial charge in [0.2, 0.25) is 0 Å². The predicted octanol–water partition coefficient (Wildman–Crippen LogP) is 1.42. The van der Waals surface area contributed by atoms with Gasteiger partial charge in [0.1, 0.15) is 11.6 Å². The lowest BCUT2D eigenvalue weighted by Gasteiger charge is -2.16. The fourth-order valence-electron chi connectivity index (χ4n) is 1.82. The number of hydrogen-bond donors (Lipinski definition) is 1. The molecule has 0 unspecified atom stereocenters. The van der Waals surface area contributed by atoms with Gasteiger partial charge in [0, 0.05) is 25.2 Å². The summed E-state index contributed by atoms with van der Waals surface area (Å²) in [6, 6.07) is 4.03. The quantitative estimate of drug-likeness (QED) is 0.905. The Bertz CT molecular complexity index is 456. The minimum absolute atomic E-state index is 0.0249. The van der Waals surface area contributed by atoms with Crippen LogP contribution in [0.3, 0.4) is 0 Å². The summed E-state index contributed by atoms with van der Waals surface area (Å²) in [5, 5.41) is -0.0249. The smallest absolute Gasteiger partial charge is 0.260 e. The lowest BCUT2D eigenvalue weighted by atomic mass is 10.3. The van der Waals surface area contributed by atoms with Gasteiger partial charge in [-0.1, -0.05) is 11.6 Å². The number of amides is 1. The van der Waals surface area contributed by atoms with Crippen LogP contribution in [0.5, 0.6) is 5.75 Å². The number of hydrogen-bond acceptors (Lipinski definition) is 3. The fraction of sp³-hybridized carbons (Fsp3) is 0.417. The molecule has 0 saturated carbocycles. The molecule has 1 aliphatic heterocycles. The number of likely N-dealkylation sites (tertiary alicyclic amines) is 1. The maximum Gasteiger partial charge on any atom is 0.260 e. The highest BCUT2D eigenvalue weighted by Gasteiger charge is 2.23. The van der Waals surface area contributed by atoms with Gasteiger partial charge in [-0.2, -0.15) is 0 Å². The molecule has 0 spiro atoms. The number of carbonyl (C=O) groups is 1. The molecule has 1 saturated heterocycles. The standard InChI is InChI=1S/C12H14ClFN2O2/c13-10-5-9(1-2-11(10)14)18-7-12(17)16-4-3-8(15)6-16/h1-2,5,8H,3-4,6-7,15H2/t8-/m1/s1. The Hall–Kier alpha value is -1.33. The van der Waals surface area contributed by atoms with Crippen LogP contribution in [0.1, 0.15) is 6.42 Å². The van der Waals surface area contributed by atoms with Crippen LogP contribution >= 0.6 is 11.6 Å². The van der Waals surface area contributed by atoms with Crippen molar-refractivity contribution < 1.29 is 13.9 Å². The fourth-order valence-corrected chi connectivity index (χ4v) is 1.99. The van der Waals surface area contributed by atoms with Crippen LogP contribution in [-0.2, 0) is 4.79 Å². The van der Waals surface area contributed by atoms with Crippen molar-refractivity contribution in [2.75, 3.05) is 19.7 Å². The molecule has 0 radical (unpaired) electrons. The zero-order chi connectivity index (χ0) is 13.1. The molecule has 0 bridgehead atoms. The zero-order valence-corrected chi connectivity index (χ0v) is 10.5. The molecule has 2 N–H and O–H groups in total.